The topological polar surface area (TPSA) is 289 Å². The molecule has 0 saturated carbocycles. The molecule has 22 nitrogen and oxygen atoms in total. The molecule has 4 amide bonds. The Kier molecular flexibility index (Phi) is 52.1. The first kappa shape index (κ1) is 68.6. The van der Waals surface area contributed by atoms with E-state index in [4.69, 9.17) is 31.2 Å². The molecular weight excluding hydrogens is 1020 g/mol. The molecule has 0 radical (unpaired) electrons. The molecule has 0 aromatic rings. The Morgan fingerprint density at radius 3 is 1.14 bits per heavy atom. The summed E-state index contributed by atoms with van der Waals surface area (Å²) in [6, 6.07) is 0.552. The Hall–Kier alpha value is -3.46. The summed E-state index contributed by atoms with van der Waals surface area (Å²) in [6.07, 6.45) is 8.41. The van der Waals surface area contributed by atoms with Crippen molar-refractivity contribution >= 4 is 65.2 Å². The number of carbonyl (C=O) groups excluding carboxylic acids is 6. The van der Waals surface area contributed by atoms with E-state index in [1.54, 1.807) is 0 Å². The van der Waals surface area contributed by atoms with Crippen molar-refractivity contribution in [3.05, 3.63) is 0 Å². The summed E-state index contributed by atoms with van der Waals surface area (Å²) >= 11 is 0. The molecule has 450 valence electrons. The Labute approximate surface area is 470 Å². The predicted molar refractivity (Wildman–Crippen MR) is 308 cm³/mol. The summed E-state index contributed by atoms with van der Waals surface area (Å²) in [5.74, 6) is -0.980. The molecule has 3 atom stereocenters. The number of ketones is 1. The van der Waals surface area contributed by atoms with E-state index >= 15 is 0 Å². The van der Waals surface area contributed by atoms with Crippen LogP contribution in [0.4, 0.5) is 0 Å². The third kappa shape index (κ3) is 48.9. The van der Waals surface area contributed by atoms with Crippen molar-refractivity contribution in [2.24, 2.45) is 9.98 Å². The Morgan fingerprint density at radius 1 is 0.553 bits per heavy atom. The smallest absolute Gasteiger partial charge is 0.322 e. The van der Waals surface area contributed by atoms with Gasteiger partial charge in [-0.3, -0.25) is 34.0 Å². The van der Waals surface area contributed by atoms with Gasteiger partial charge in [-0.15, -0.1) is 0 Å². The van der Waals surface area contributed by atoms with Crippen LogP contribution in [0.1, 0.15) is 191 Å². The van der Waals surface area contributed by atoms with E-state index in [0.29, 0.717) is 97.5 Å². The van der Waals surface area contributed by atoms with Crippen molar-refractivity contribution in [3.63, 3.8) is 0 Å². The van der Waals surface area contributed by atoms with Gasteiger partial charge in [0.05, 0.1) is 13.0 Å². The molecule has 0 fully saturated rings. The minimum Gasteiger partial charge on any atom is -0.466 e. The molecule has 0 aromatic heterocycles. The maximum atomic E-state index is 12.5. The van der Waals surface area contributed by atoms with E-state index in [2.05, 4.69) is 83.6 Å². The molecule has 24 heteroatoms. The quantitative estimate of drug-likeness (QED) is 0.0102. The van der Waals surface area contributed by atoms with Gasteiger partial charge in [0.1, 0.15) is 18.0 Å². The van der Waals surface area contributed by atoms with Crippen LogP contribution in [0.25, 0.3) is 0 Å². The Balaban J connectivity index is -0.000000425. The molecule has 0 spiro atoms. The largest absolute Gasteiger partial charge is 0.466 e. The molecule has 3 unspecified atom stereocenters. The van der Waals surface area contributed by atoms with Crippen molar-refractivity contribution in [3.8, 4) is 0 Å². The molecule has 76 heavy (non-hydrogen) atoms. The normalized spacial score (nSPS) is 13.2. The molecule has 0 bridgehead atoms. The van der Waals surface area contributed by atoms with Crippen LogP contribution >= 0.6 is 17.1 Å². The van der Waals surface area contributed by atoms with Crippen LogP contribution in [0.2, 0.25) is 0 Å². The highest BCUT2D eigenvalue weighted by atomic mass is 31.2. The molecule has 0 rings (SSSR count). The van der Waals surface area contributed by atoms with Crippen LogP contribution in [0.15, 0.2) is 9.98 Å². The average Bonchev–Trinajstić information content (AvgIpc) is 3.40. The third-order valence-electron chi connectivity index (χ3n) is 9.57. The Bertz CT molecular complexity index is 1570. The van der Waals surface area contributed by atoms with E-state index in [0.717, 1.165) is 0 Å². The number of aliphatic hydroxyl groups is 3. The van der Waals surface area contributed by atoms with Crippen LogP contribution in [-0.4, -0.2) is 181 Å². The van der Waals surface area contributed by atoms with Gasteiger partial charge in [-0.2, -0.15) is 0 Å². The van der Waals surface area contributed by atoms with Gasteiger partial charge in [-0.05, 0) is 108 Å². The molecule has 7 N–H and O–H groups in total. The first-order valence-corrected chi connectivity index (χ1v) is 28.7. The summed E-state index contributed by atoms with van der Waals surface area (Å²) in [6.45, 7) is 24.8. The number of amides is 4. The van der Waals surface area contributed by atoms with Gasteiger partial charge in [0.15, 0.2) is 12.8 Å². The summed E-state index contributed by atoms with van der Waals surface area (Å²) in [5.41, 5.74) is 0. The number of ether oxygens (including phenoxy) is 1. The molecule has 0 aliphatic rings. The fourth-order valence-corrected chi connectivity index (χ4v) is 9.25. The second-order valence-electron chi connectivity index (χ2n) is 17.5. The van der Waals surface area contributed by atoms with Gasteiger partial charge in [0.2, 0.25) is 27.9 Å². The van der Waals surface area contributed by atoms with Crippen molar-refractivity contribution in [1.82, 2.24) is 30.6 Å². The van der Waals surface area contributed by atoms with Crippen LogP contribution in [-0.2, 0) is 51.6 Å². The number of nitrogens with one attached hydrogen (secondary N) is 4. The lowest BCUT2D eigenvalue weighted by Gasteiger charge is -2.36. The molecule has 0 heterocycles. The minimum atomic E-state index is -1.57. The number of aliphatic hydroxyl groups excluding tert-OH is 3. The highest BCUT2D eigenvalue weighted by molar-refractivity contribution is 7.45. The van der Waals surface area contributed by atoms with Gasteiger partial charge in [-0.1, -0.05) is 40.0 Å². The number of Topliss-reactive ketones (excluding diaryl/α,β-unsaturated/α-hetero) is 1. The van der Waals surface area contributed by atoms with Crippen molar-refractivity contribution in [2.45, 2.75) is 223 Å². The zero-order valence-corrected chi connectivity index (χ0v) is 50.8. The van der Waals surface area contributed by atoms with E-state index in [-0.39, 0.29) is 113 Å². The minimum absolute atomic E-state index is 0.0612. The number of unbranched alkanes of at least 4 members (excludes halogenated alkanes) is 4. The fraction of sp³-hybridized carbons (Fsp3) is 0.846. The van der Waals surface area contributed by atoms with E-state index in [1.165, 1.54) is 41.1 Å². The SMILES string of the molecule is [2H]CCCCC(=O)NCC(CNC(=O)CCCCOC(=O)CCC(C)=O)OP(OC=NCC)N(C(C)C)C(C)C.[2H]CCCCC(=O)NCC(CNC(=O)CCCC[2H])OP(OC=NCC)N(C(C)C)C(C)C.[3H]OC.[3H]OC.[3H]OC. The molecule has 0 saturated heterocycles. The van der Waals surface area contributed by atoms with Gasteiger partial charge in [0.25, 0.3) is 0 Å². The summed E-state index contributed by atoms with van der Waals surface area (Å²) in [7, 11) is 0.792. The third-order valence-corrected chi connectivity index (χ3v) is 13.7. The first-order valence-electron chi connectivity index (χ1n) is 29.7. The predicted octanol–water partition coefficient (Wildman–Crippen LogP) is 7.51. The highest BCUT2D eigenvalue weighted by Gasteiger charge is 2.32. The fourth-order valence-electron chi connectivity index (χ4n) is 6.10. The number of hydrogen-bond donors (Lipinski definition) is 7. The number of aliphatic imine (C=N–C) groups is 2. The lowest BCUT2D eigenvalue weighted by molar-refractivity contribution is -0.144. The maximum Gasteiger partial charge on any atom is 0.322 e. The van der Waals surface area contributed by atoms with E-state index in [1.807, 2.05) is 41.5 Å². The number of hydrogen-bond acceptors (Lipinski definition) is 18. The molecule has 0 aromatic carbocycles. The summed E-state index contributed by atoms with van der Waals surface area (Å²) < 4.78 is 72.5. The van der Waals surface area contributed by atoms with Crippen LogP contribution < -0.4 is 21.3 Å². The number of esters is 1. The van der Waals surface area contributed by atoms with Gasteiger partial charge >= 0.3 is 23.0 Å². The number of rotatable bonds is 41. The van der Waals surface area contributed by atoms with Crippen molar-refractivity contribution in [1.29, 1.82) is 4.29 Å². The zero-order chi connectivity index (χ0) is 63.5. The monoisotopic (exact) mass is 1140 g/mol. The highest BCUT2D eigenvalue weighted by Crippen LogP contribution is 2.47. The summed E-state index contributed by atoms with van der Waals surface area (Å²) in [5, 5.41) is 22.0. The number of carbonyl (C=O) groups is 6. The molecule has 0 aliphatic heterocycles. The second-order valence-corrected chi connectivity index (χ2v) is 20.2. The van der Waals surface area contributed by atoms with Crippen molar-refractivity contribution < 1.29 is 71.0 Å². The van der Waals surface area contributed by atoms with Gasteiger partial charge < -0.3 is 64.2 Å². The first-order chi connectivity index (χ1) is 39.0. The summed E-state index contributed by atoms with van der Waals surface area (Å²) in [4.78, 5) is 80.0. The van der Waals surface area contributed by atoms with Gasteiger partial charge in [-0.25, -0.2) is 9.34 Å². The average molecular weight is 1140 g/mol. The van der Waals surface area contributed by atoms with Gasteiger partial charge in [0, 0.05) is 121 Å². The lowest BCUT2D eigenvalue weighted by atomic mass is 10.2. The van der Waals surface area contributed by atoms with E-state index < -0.39 is 35.2 Å². The molecule has 0 aliphatic carbocycles. The zero-order valence-electron chi connectivity index (χ0n) is 55.0. The van der Waals surface area contributed by atoms with Crippen molar-refractivity contribution in [2.75, 3.05) is 67.2 Å². The van der Waals surface area contributed by atoms with E-state index in [9.17, 15) is 28.8 Å². The Morgan fingerprint density at radius 2 is 0.868 bits per heavy atom. The number of nitrogens with zero attached hydrogens (tertiary/aromatic N) is 4. The van der Waals surface area contributed by atoms with Crippen LogP contribution in [0, 0.1) is 0 Å². The van der Waals surface area contributed by atoms with Crippen LogP contribution in [0.5, 0.6) is 0 Å². The maximum absolute atomic E-state index is 12.5. The standard InChI is InChI=1S/C27H51N4O7P.C22H45N4O4P.3CH4O/c1-8-10-13-25(33)29-18-24(38-39(37-20-28-9-2)31(21(3)4)22(5)6)19-30-26(34)14-11-12-17-36-27(35)16-15-23(7)32;1-8-11-13-21(27)24-15-20(16-25-22(28)14-12-9-2)30-31(29-17-23-10-3)26(18(4)5)19(6)7;3*1-2/h20-22,24H,8-19H2,1-7H3,(H,29,33)(H,30,34);17-20H,8-16H2,1-7H3,(H,24,27)(H,25,28);3*2H,1H3/i1D;1D,2D;3*2T. The lowest BCUT2D eigenvalue weighted by Crippen LogP contribution is -2.42. The van der Waals surface area contributed by atoms with Crippen LogP contribution in [0.3, 0.4) is 0 Å². The second kappa shape index (κ2) is 57.7. The molecular formula is C52H108N8O14P2.